The molecule has 0 bridgehead atoms. The van der Waals surface area contributed by atoms with Crippen LogP contribution in [0, 0.1) is 0 Å². The van der Waals surface area contributed by atoms with Gasteiger partial charge in [-0.25, -0.2) is 0 Å². The summed E-state index contributed by atoms with van der Waals surface area (Å²) in [6, 6.07) is 0. The van der Waals surface area contributed by atoms with Gasteiger partial charge in [0.15, 0.2) is 0 Å². The first kappa shape index (κ1) is 9.66. The first-order valence-electron chi connectivity index (χ1n) is 3.57. The van der Waals surface area contributed by atoms with Crippen LogP contribution >= 0.6 is 0 Å². The molecule has 0 rings (SSSR count). The summed E-state index contributed by atoms with van der Waals surface area (Å²) in [4.78, 5) is 0. The molecule has 0 unspecified atom stereocenters. The number of aliphatic hydroxyl groups is 1. The molecule has 10 heavy (non-hydrogen) atoms. The van der Waals surface area contributed by atoms with Crippen molar-refractivity contribution >= 4 is 0 Å². The minimum Gasteiger partial charge on any atom is -0.396 e. The van der Waals surface area contributed by atoms with E-state index >= 15 is 0 Å². The number of rotatable bonds is 6. The topological polar surface area (TPSA) is 29.5 Å². The predicted molar refractivity (Wildman–Crippen MR) is 42.0 cm³/mol. The Morgan fingerprint density at radius 3 is 2.70 bits per heavy atom. The molecule has 0 fully saturated rings. The Kier molecular flexibility index (Phi) is 6.55. The van der Waals surface area contributed by atoms with Gasteiger partial charge in [0, 0.05) is 20.3 Å². The van der Waals surface area contributed by atoms with Gasteiger partial charge in [-0.15, -0.1) is 0 Å². The van der Waals surface area contributed by atoms with E-state index in [9.17, 15) is 0 Å². The largest absolute Gasteiger partial charge is 0.396 e. The van der Waals surface area contributed by atoms with Crippen LogP contribution in [0.25, 0.3) is 0 Å². The maximum absolute atomic E-state index is 8.50. The maximum atomic E-state index is 8.50. The molecule has 60 valence electrons. The average Bonchev–Trinajstić information content (AvgIpc) is 1.89. The highest BCUT2D eigenvalue weighted by atomic mass is 16.5. The Hall–Kier alpha value is -0.340. The normalized spacial score (nSPS) is 9.80. The number of ether oxygens (including phenoxy) is 1. The van der Waals surface area contributed by atoms with Crippen LogP contribution in [0.5, 0.6) is 0 Å². The van der Waals surface area contributed by atoms with E-state index in [1.807, 2.05) is 0 Å². The molecule has 0 aromatic rings. The third-order valence-corrected chi connectivity index (χ3v) is 1.34. The molecule has 0 amide bonds. The van der Waals surface area contributed by atoms with Crippen LogP contribution in [0.1, 0.15) is 19.3 Å². The molecule has 0 radical (unpaired) electrons. The Morgan fingerprint density at radius 2 is 2.20 bits per heavy atom. The van der Waals surface area contributed by atoms with E-state index in [-0.39, 0.29) is 6.61 Å². The third-order valence-electron chi connectivity index (χ3n) is 1.34. The lowest BCUT2D eigenvalue weighted by molar-refractivity contribution is 0.194. The minimum atomic E-state index is 0.214. The standard InChI is InChI=1S/C8H16O2/c1-8(5-6-9)4-3-7-10-2/h9H,1,3-7H2,2H3. The first-order valence-corrected chi connectivity index (χ1v) is 3.57. The van der Waals surface area contributed by atoms with Crippen molar-refractivity contribution in [3.63, 3.8) is 0 Å². The summed E-state index contributed by atoms with van der Waals surface area (Å²) in [5.74, 6) is 0. The Labute approximate surface area is 62.5 Å². The quantitative estimate of drug-likeness (QED) is 0.450. The molecule has 2 nitrogen and oxygen atoms in total. The molecular weight excluding hydrogens is 128 g/mol. The molecular formula is C8H16O2. The van der Waals surface area contributed by atoms with Gasteiger partial charge in [0.1, 0.15) is 0 Å². The smallest absolute Gasteiger partial charge is 0.0468 e. The fourth-order valence-electron chi connectivity index (χ4n) is 0.750. The average molecular weight is 144 g/mol. The van der Waals surface area contributed by atoms with Crippen molar-refractivity contribution in [2.75, 3.05) is 20.3 Å². The zero-order valence-corrected chi connectivity index (χ0v) is 6.60. The van der Waals surface area contributed by atoms with Crippen molar-refractivity contribution in [1.82, 2.24) is 0 Å². The van der Waals surface area contributed by atoms with E-state index in [1.54, 1.807) is 7.11 Å². The highest BCUT2D eigenvalue weighted by molar-refractivity contribution is 4.93. The summed E-state index contributed by atoms with van der Waals surface area (Å²) in [5.41, 5.74) is 1.11. The number of hydrogen-bond acceptors (Lipinski definition) is 2. The summed E-state index contributed by atoms with van der Waals surface area (Å²) in [6.07, 6.45) is 2.70. The molecule has 0 aliphatic carbocycles. The summed E-state index contributed by atoms with van der Waals surface area (Å²) in [5, 5.41) is 8.50. The maximum Gasteiger partial charge on any atom is 0.0468 e. The number of aliphatic hydroxyl groups excluding tert-OH is 1. The monoisotopic (exact) mass is 144 g/mol. The van der Waals surface area contributed by atoms with Gasteiger partial charge >= 0.3 is 0 Å². The van der Waals surface area contributed by atoms with Crippen molar-refractivity contribution in [2.24, 2.45) is 0 Å². The fourth-order valence-corrected chi connectivity index (χ4v) is 0.750. The lowest BCUT2D eigenvalue weighted by Gasteiger charge is -2.01. The van der Waals surface area contributed by atoms with Crippen molar-refractivity contribution in [1.29, 1.82) is 0 Å². The Bertz CT molecular complexity index is 89.3. The molecule has 0 aliphatic heterocycles. The molecule has 0 aliphatic rings. The van der Waals surface area contributed by atoms with Crippen LogP contribution in [0.2, 0.25) is 0 Å². The lowest BCUT2D eigenvalue weighted by atomic mass is 10.1. The molecule has 0 saturated heterocycles. The molecule has 1 N–H and O–H groups in total. The van der Waals surface area contributed by atoms with Crippen LogP contribution in [0.15, 0.2) is 12.2 Å². The van der Waals surface area contributed by atoms with E-state index in [0.29, 0.717) is 0 Å². The second-order valence-corrected chi connectivity index (χ2v) is 2.32. The summed E-state index contributed by atoms with van der Waals surface area (Å²) >= 11 is 0. The highest BCUT2D eigenvalue weighted by Crippen LogP contribution is 2.05. The van der Waals surface area contributed by atoms with E-state index in [2.05, 4.69) is 6.58 Å². The highest BCUT2D eigenvalue weighted by Gasteiger charge is 1.92. The van der Waals surface area contributed by atoms with Crippen LogP contribution in [0.4, 0.5) is 0 Å². The van der Waals surface area contributed by atoms with Crippen molar-refractivity contribution in [2.45, 2.75) is 19.3 Å². The molecule has 0 atom stereocenters. The summed E-state index contributed by atoms with van der Waals surface area (Å²) in [6.45, 7) is 4.80. The second kappa shape index (κ2) is 6.78. The zero-order chi connectivity index (χ0) is 7.82. The Balaban J connectivity index is 3.05. The van der Waals surface area contributed by atoms with Gasteiger partial charge in [-0.3, -0.25) is 0 Å². The van der Waals surface area contributed by atoms with Gasteiger partial charge in [-0.2, -0.15) is 0 Å². The Morgan fingerprint density at radius 1 is 1.50 bits per heavy atom. The van der Waals surface area contributed by atoms with Crippen molar-refractivity contribution in [3.05, 3.63) is 12.2 Å². The van der Waals surface area contributed by atoms with Gasteiger partial charge in [-0.1, -0.05) is 12.2 Å². The molecule has 2 heteroatoms. The second-order valence-electron chi connectivity index (χ2n) is 2.32. The minimum absolute atomic E-state index is 0.214. The van der Waals surface area contributed by atoms with Crippen molar-refractivity contribution in [3.8, 4) is 0 Å². The summed E-state index contributed by atoms with van der Waals surface area (Å²) in [7, 11) is 1.69. The SMILES string of the molecule is C=C(CCO)CCCOC. The lowest BCUT2D eigenvalue weighted by Crippen LogP contribution is -1.92. The summed E-state index contributed by atoms with van der Waals surface area (Å²) < 4.78 is 4.87. The van der Waals surface area contributed by atoms with Crippen LogP contribution in [-0.4, -0.2) is 25.4 Å². The van der Waals surface area contributed by atoms with Crippen LogP contribution in [0.3, 0.4) is 0 Å². The van der Waals surface area contributed by atoms with E-state index < -0.39 is 0 Å². The third kappa shape index (κ3) is 5.79. The fraction of sp³-hybridized carbons (Fsp3) is 0.750. The van der Waals surface area contributed by atoms with Gasteiger partial charge in [0.05, 0.1) is 0 Å². The molecule has 0 heterocycles. The zero-order valence-electron chi connectivity index (χ0n) is 6.60. The van der Waals surface area contributed by atoms with Gasteiger partial charge in [0.25, 0.3) is 0 Å². The van der Waals surface area contributed by atoms with Crippen LogP contribution < -0.4 is 0 Å². The first-order chi connectivity index (χ1) is 4.81. The molecule has 0 aromatic carbocycles. The molecule has 0 aromatic heterocycles. The van der Waals surface area contributed by atoms with Gasteiger partial charge < -0.3 is 9.84 Å². The van der Waals surface area contributed by atoms with Crippen LogP contribution in [-0.2, 0) is 4.74 Å². The number of methoxy groups -OCH3 is 1. The van der Waals surface area contributed by atoms with E-state index in [4.69, 9.17) is 9.84 Å². The van der Waals surface area contributed by atoms with Gasteiger partial charge in [-0.05, 0) is 19.3 Å². The van der Waals surface area contributed by atoms with Gasteiger partial charge in [0.2, 0.25) is 0 Å². The van der Waals surface area contributed by atoms with Crippen molar-refractivity contribution < 1.29 is 9.84 Å². The predicted octanol–water partition coefficient (Wildman–Crippen LogP) is 1.35. The molecule has 0 saturated carbocycles. The number of hydrogen-bond donors (Lipinski definition) is 1. The molecule has 0 spiro atoms. The van der Waals surface area contributed by atoms with E-state index in [1.165, 1.54) is 0 Å². The van der Waals surface area contributed by atoms with E-state index in [0.717, 1.165) is 31.4 Å².